The number of rotatable bonds is 6. The molecule has 0 saturated carbocycles. The third-order valence-electron chi connectivity index (χ3n) is 2.33. The van der Waals surface area contributed by atoms with Gasteiger partial charge in [-0.1, -0.05) is 0 Å². The number of aliphatic hydroxyl groups is 1. The van der Waals surface area contributed by atoms with Crippen LogP contribution < -0.4 is 10.1 Å². The van der Waals surface area contributed by atoms with Gasteiger partial charge in [0.15, 0.2) is 0 Å². The van der Waals surface area contributed by atoms with E-state index in [1.54, 1.807) is 13.8 Å². The van der Waals surface area contributed by atoms with E-state index in [2.05, 4.69) is 5.32 Å². The van der Waals surface area contributed by atoms with Crippen LogP contribution in [0.3, 0.4) is 0 Å². The van der Waals surface area contributed by atoms with Crippen molar-refractivity contribution in [2.45, 2.75) is 32.2 Å². The second kappa shape index (κ2) is 7.04. The summed E-state index contributed by atoms with van der Waals surface area (Å²) in [5.74, 6) is 0.124. The van der Waals surface area contributed by atoms with E-state index in [0.717, 1.165) is 12.1 Å². The van der Waals surface area contributed by atoms with Crippen LogP contribution in [0.25, 0.3) is 0 Å². The van der Waals surface area contributed by atoms with E-state index in [1.807, 2.05) is 0 Å². The summed E-state index contributed by atoms with van der Waals surface area (Å²) in [4.78, 5) is 0. The molecule has 20 heavy (non-hydrogen) atoms. The number of benzene rings is 1. The molecular formula is C13H17ClF3NO2. The van der Waals surface area contributed by atoms with Gasteiger partial charge in [0.25, 0.3) is 0 Å². The Labute approximate surface area is 120 Å². The molecule has 1 unspecified atom stereocenters. The second-order valence-electron chi connectivity index (χ2n) is 4.60. The van der Waals surface area contributed by atoms with Crippen molar-refractivity contribution in [3.05, 3.63) is 23.8 Å². The summed E-state index contributed by atoms with van der Waals surface area (Å²) < 4.78 is 43.7. The summed E-state index contributed by atoms with van der Waals surface area (Å²) in [5, 5.41) is 12.0. The Bertz CT molecular complexity index is 438. The van der Waals surface area contributed by atoms with Gasteiger partial charge in [0.05, 0.1) is 23.7 Å². The van der Waals surface area contributed by atoms with Crippen molar-refractivity contribution in [3.8, 4) is 5.75 Å². The van der Waals surface area contributed by atoms with Crippen LogP contribution in [0.5, 0.6) is 5.75 Å². The molecule has 0 amide bonds. The Morgan fingerprint density at radius 1 is 1.30 bits per heavy atom. The third kappa shape index (κ3) is 5.46. The molecule has 1 aromatic carbocycles. The number of hydrogen-bond acceptors (Lipinski definition) is 3. The summed E-state index contributed by atoms with van der Waals surface area (Å²) in [6, 6.07) is 3.37. The lowest BCUT2D eigenvalue weighted by atomic mass is 10.1. The van der Waals surface area contributed by atoms with Crippen molar-refractivity contribution in [1.82, 2.24) is 0 Å². The fourth-order valence-electron chi connectivity index (χ4n) is 1.50. The lowest BCUT2D eigenvalue weighted by Crippen LogP contribution is -2.21. The molecule has 0 aliphatic carbocycles. The van der Waals surface area contributed by atoms with Crippen LogP contribution in [0.4, 0.5) is 18.9 Å². The predicted molar refractivity (Wildman–Crippen MR) is 72.4 cm³/mol. The molecule has 1 atom stereocenters. The summed E-state index contributed by atoms with van der Waals surface area (Å²) in [6.07, 6.45) is -5.53. The molecule has 1 rings (SSSR count). The standard InChI is InChI=1S/C13H17ClF3NO2/c1-8(2)20-12-4-9(13(15,16)17)3-10(5-12)18-7-11(19)6-14/h3-5,8,11,18-19H,6-7H2,1-2H3. The number of aliphatic hydroxyl groups excluding tert-OH is 1. The Morgan fingerprint density at radius 2 is 1.95 bits per heavy atom. The highest BCUT2D eigenvalue weighted by Gasteiger charge is 2.31. The van der Waals surface area contributed by atoms with Gasteiger partial charge in [-0.05, 0) is 26.0 Å². The van der Waals surface area contributed by atoms with E-state index in [-0.39, 0.29) is 30.0 Å². The van der Waals surface area contributed by atoms with Gasteiger partial charge in [0, 0.05) is 18.3 Å². The molecule has 0 aliphatic rings. The van der Waals surface area contributed by atoms with Crippen LogP contribution in [-0.4, -0.2) is 29.7 Å². The quantitative estimate of drug-likeness (QED) is 0.790. The maximum absolute atomic E-state index is 12.8. The molecule has 0 aromatic heterocycles. The number of hydrogen-bond donors (Lipinski definition) is 2. The maximum atomic E-state index is 12.8. The molecule has 114 valence electrons. The maximum Gasteiger partial charge on any atom is 0.416 e. The van der Waals surface area contributed by atoms with Gasteiger partial charge in [-0.3, -0.25) is 0 Å². The average Bonchev–Trinajstić information content (AvgIpc) is 2.33. The highest BCUT2D eigenvalue weighted by atomic mass is 35.5. The van der Waals surface area contributed by atoms with Gasteiger partial charge in [-0.2, -0.15) is 13.2 Å². The van der Waals surface area contributed by atoms with E-state index in [1.165, 1.54) is 6.07 Å². The summed E-state index contributed by atoms with van der Waals surface area (Å²) in [7, 11) is 0. The van der Waals surface area contributed by atoms with Gasteiger partial charge < -0.3 is 15.2 Å². The first-order valence-corrected chi connectivity index (χ1v) is 6.62. The minimum absolute atomic E-state index is 0.00130. The molecule has 0 spiro atoms. The fourth-order valence-corrected chi connectivity index (χ4v) is 1.60. The Kier molecular flexibility index (Phi) is 5.95. The van der Waals surface area contributed by atoms with Gasteiger partial charge >= 0.3 is 6.18 Å². The fraction of sp³-hybridized carbons (Fsp3) is 0.538. The lowest BCUT2D eigenvalue weighted by molar-refractivity contribution is -0.137. The minimum Gasteiger partial charge on any atom is -0.491 e. The van der Waals surface area contributed by atoms with Gasteiger partial charge in [0.2, 0.25) is 0 Å². The zero-order valence-electron chi connectivity index (χ0n) is 11.2. The van der Waals surface area contributed by atoms with Crippen molar-refractivity contribution < 1.29 is 23.0 Å². The molecule has 0 aliphatic heterocycles. The van der Waals surface area contributed by atoms with Crippen LogP contribution in [0.2, 0.25) is 0 Å². The number of nitrogens with one attached hydrogen (secondary N) is 1. The number of anilines is 1. The Balaban J connectivity index is 2.97. The average molecular weight is 312 g/mol. The molecule has 0 bridgehead atoms. The van der Waals surface area contributed by atoms with Crippen molar-refractivity contribution >= 4 is 17.3 Å². The van der Waals surface area contributed by atoms with E-state index in [0.29, 0.717) is 0 Å². The topological polar surface area (TPSA) is 41.5 Å². The normalized spacial score (nSPS) is 13.4. The zero-order chi connectivity index (χ0) is 15.3. The molecule has 0 radical (unpaired) electrons. The van der Waals surface area contributed by atoms with E-state index in [9.17, 15) is 18.3 Å². The minimum atomic E-state index is -4.46. The SMILES string of the molecule is CC(C)Oc1cc(NCC(O)CCl)cc(C(F)(F)F)c1. The highest BCUT2D eigenvalue weighted by molar-refractivity contribution is 6.18. The summed E-state index contributed by atoms with van der Waals surface area (Å²) in [6.45, 7) is 3.52. The number of halogens is 4. The second-order valence-corrected chi connectivity index (χ2v) is 4.91. The van der Waals surface area contributed by atoms with Crippen LogP contribution in [0.1, 0.15) is 19.4 Å². The largest absolute Gasteiger partial charge is 0.491 e. The molecule has 0 heterocycles. The number of ether oxygens (including phenoxy) is 1. The Hall–Kier alpha value is -1.14. The third-order valence-corrected chi connectivity index (χ3v) is 2.68. The van der Waals surface area contributed by atoms with Crippen molar-refractivity contribution in [2.24, 2.45) is 0 Å². The lowest BCUT2D eigenvalue weighted by Gasteiger charge is -2.16. The van der Waals surface area contributed by atoms with Gasteiger partial charge in [-0.25, -0.2) is 0 Å². The summed E-state index contributed by atoms with van der Waals surface area (Å²) >= 11 is 5.43. The molecule has 3 nitrogen and oxygen atoms in total. The monoisotopic (exact) mass is 311 g/mol. The Morgan fingerprint density at radius 3 is 2.45 bits per heavy atom. The predicted octanol–water partition coefficient (Wildman–Crippen LogP) is 3.50. The highest BCUT2D eigenvalue weighted by Crippen LogP contribution is 2.34. The van der Waals surface area contributed by atoms with Crippen LogP contribution in [-0.2, 0) is 6.18 Å². The molecule has 7 heteroatoms. The first-order chi connectivity index (χ1) is 9.22. The zero-order valence-corrected chi connectivity index (χ0v) is 11.9. The van der Waals surface area contributed by atoms with E-state index < -0.39 is 17.8 Å². The van der Waals surface area contributed by atoms with Crippen molar-refractivity contribution in [2.75, 3.05) is 17.7 Å². The molecular weight excluding hydrogens is 295 g/mol. The van der Waals surface area contributed by atoms with Crippen molar-refractivity contribution in [1.29, 1.82) is 0 Å². The number of alkyl halides is 4. The summed E-state index contributed by atoms with van der Waals surface area (Å²) in [5.41, 5.74) is -0.585. The van der Waals surface area contributed by atoms with Crippen LogP contribution in [0.15, 0.2) is 18.2 Å². The van der Waals surface area contributed by atoms with Gasteiger partial charge in [-0.15, -0.1) is 11.6 Å². The molecule has 1 aromatic rings. The first-order valence-electron chi connectivity index (χ1n) is 6.09. The van der Waals surface area contributed by atoms with Crippen LogP contribution >= 0.6 is 11.6 Å². The first kappa shape index (κ1) is 16.9. The molecule has 2 N–H and O–H groups in total. The molecule has 0 fully saturated rings. The van der Waals surface area contributed by atoms with E-state index >= 15 is 0 Å². The van der Waals surface area contributed by atoms with Crippen LogP contribution in [0, 0.1) is 0 Å². The van der Waals surface area contributed by atoms with Gasteiger partial charge in [0.1, 0.15) is 5.75 Å². The smallest absolute Gasteiger partial charge is 0.416 e. The molecule has 0 saturated heterocycles. The van der Waals surface area contributed by atoms with Crippen molar-refractivity contribution in [3.63, 3.8) is 0 Å². The van der Waals surface area contributed by atoms with E-state index in [4.69, 9.17) is 16.3 Å².